The zero-order chi connectivity index (χ0) is 13.2. The van der Waals surface area contributed by atoms with Gasteiger partial charge in [0.2, 0.25) is 5.75 Å². The van der Waals surface area contributed by atoms with Crippen molar-refractivity contribution in [1.82, 2.24) is 4.98 Å². The lowest BCUT2D eigenvalue weighted by atomic mass is 10.3. The first-order valence-electron chi connectivity index (χ1n) is 3.98. The number of methoxy groups -OCH3 is 1. The quantitative estimate of drug-likeness (QED) is 0.660. The first-order chi connectivity index (χ1) is 7.74. The molecule has 1 rings (SSSR count). The SMILES string of the molecule is COc1cc(C(=O)O)nc(I)c1OC(F)(F)F. The molecule has 9 heteroatoms. The summed E-state index contributed by atoms with van der Waals surface area (Å²) in [5.41, 5.74) is -0.430. The van der Waals surface area contributed by atoms with Gasteiger partial charge in [0.25, 0.3) is 0 Å². The average molecular weight is 363 g/mol. The monoisotopic (exact) mass is 363 g/mol. The van der Waals surface area contributed by atoms with Crippen molar-refractivity contribution in [2.75, 3.05) is 7.11 Å². The minimum absolute atomic E-state index is 0.253. The lowest BCUT2D eigenvalue weighted by Gasteiger charge is -2.13. The highest BCUT2D eigenvalue weighted by Gasteiger charge is 2.34. The second kappa shape index (κ2) is 4.94. The number of alkyl halides is 3. The summed E-state index contributed by atoms with van der Waals surface area (Å²) in [6.07, 6.45) is -4.90. The maximum absolute atomic E-state index is 12.1. The van der Waals surface area contributed by atoms with E-state index < -0.39 is 23.8 Å². The minimum atomic E-state index is -4.90. The maximum atomic E-state index is 12.1. The van der Waals surface area contributed by atoms with Crippen molar-refractivity contribution in [3.8, 4) is 11.5 Å². The molecule has 1 aromatic heterocycles. The molecule has 0 fully saturated rings. The highest BCUT2D eigenvalue weighted by molar-refractivity contribution is 14.1. The van der Waals surface area contributed by atoms with Crippen molar-refractivity contribution in [3.05, 3.63) is 15.5 Å². The molecule has 0 saturated heterocycles. The fraction of sp³-hybridized carbons (Fsp3) is 0.250. The number of aromatic carboxylic acids is 1. The molecule has 17 heavy (non-hydrogen) atoms. The highest BCUT2D eigenvalue weighted by Crippen LogP contribution is 2.35. The number of rotatable bonds is 3. The topological polar surface area (TPSA) is 68.7 Å². The molecule has 0 aliphatic carbocycles. The molecule has 0 bridgehead atoms. The van der Waals surface area contributed by atoms with Gasteiger partial charge >= 0.3 is 12.3 Å². The Morgan fingerprint density at radius 3 is 2.53 bits per heavy atom. The number of ether oxygens (including phenoxy) is 2. The van der Waals surface area contributed by atoms with Gasteiger partial charge in [-0.25, -0.2) is 9.78 Å². The normalized spacial score (nSPS) is 11.1. The molecule has 1 N–H and O–H groups in total. The van der Waals surface area contributed by atoms with E-state index >= 15 is 0 Å². The highest BCUT2D eigenvalue weighted by atomic mass is 127. The van der Waals surface area contributed by atoms with Gasteiger partial charge in [0.15, 0.2) is 11.4 Å². The zero-order valence-electron chi connectivity index (χ0n) is 8.21. The molecule has 0 spiro atoms. The number of pyridine rings is 1. The maximum Gasteiger partial charge on any atom is 0.573 e. The van der Waals surface area contributed by atoms with Crippen LogP contribution in [0.5, 0.6) is 11.5 Å². The smallest absolute Gasteiger partial charge is 0.493 e. The Balaban J connectivity index is 3.26. The van der Waals surface area contributed by atoms with Gasteiger partial charge in [-0.05, 0) is 22.6 Å². The predicted octanol–water partition coefficient (Wildman–Crippen LogP) is 2.29. The summed E-state index contributed by atoms with van der Waals surface area (Å²) in [4.78, 5) is 14.1. The number of carboxylic acids is 1. The van der Waals surface area contributed by atoms with E-state index in [0.717, 1.165) is 13.2 Å². The van der Waals surface area contributed by atoms with Crippen molar-refractivity contribution in [2.45, 2.75) is 6.36 Å². The summed E-state index contributed by atoms with van der Waals surface area (Å²) < 4.78 is 44.3. The molecule has 5 nitrogen and oxygen atoms in total. The average Bonchev–Trinajstić information content (AvgIpc) is 2.18. The van der Waals surface area contributed by atoms with Crippen LogP contribution in [0.4, 0.5) is 13.2 Å². The molecule has 94 valence electrons. The van der Waals surface area contributed by atoms with E-state index in [1.165, 1.54) is 22.6 Å². The number of carbonyl (C=O) groups is 1. The lowest BCUT2D eigenvalue weighted by molar-refractivity contribution is -0.275. The van der Waals surface area contributed by atoms with Crippen LogP contribution >= 0.6 is 22.6 Å². The van der Waals surface area contributed by atoms with Crippen molar-refractivity contribution in [1.29, 1.82) is 0 Å². The molecular weight excluding hydrogens is 358 g/mol. The number of hydrogen-bond acceptors (Lipinski definition) is 4. The summed E-state index contributed by atoms with van der Waals surface area (Å²) in [6, 6.07) is 0.853. The summed E-state index contributed by atoms with van der Waals surface area (Å²) in [7, 11) is 1.10. The Bertz CT molecular complexity index is 449. The van der Waals surface area contributed by atoms with Crippen LogP contribution in [0.2, 0.25) is 0 Å². The van der Waals surface area contributed by atoms with Crippen molar-refractivity contribution in [3.63, 3.8) is 0 Å². The lowest BCUT2D eigenvalue weighted by Crippen LogP contribution is -2.19. The van der Waals surface area contributed by atoms with Gasteiger partial charge in [0.1, 0.15) is 3.70 Å². The number of halogens is 4. The molecule has 0 amide bonds. The van der Waals surface area contributed by atoms with Gasteiger partial charge in [-0.3, -0.25) is 0 Å². The second-order valence-electron chi connectivity index (χ2n) is 2.68. The Kier molecular flexibility index (Phi) is 4.01. The molecule has 0 unspecified atom stereocenters. The van der Waals surface area contributed by atoms with Gasteiger partial charge in [-0.15, -0.1) is 13.2 Å². The van der Waals surface area contributed by atoms with E-state index in [4.69, 9.17) is 5.11 Å². The van der Waals surface area contributed by atoms with Crippen molar-refractivity contribution in [2.24, 2.45) is 0 Å². The summed E-state index contributed by atoms with van der Waals surface area (Å²) in [6.45, 7) is 0. The number of aromatic nitrogens is 1. The van der Waals surface area contributed by atoms with Crippen LogP contribution in [0.1, 0.15) is 10.5 Å². The second-order valence-corrected chi connectivity index (χ2v) is 3.70. The predicted molar refractivity (Wildman–Crippen MR) is 57.1 cm³/mol. The van der Waals surface area contributed by atoms with Gasteiger partial charge < -0.3 is 14.6 Å². The van der Waals surface area contributed by atoms with Crippen LogP contribution in [0, 0.1) is 3.70 Å². The molecule has 0 aliphatic heterocycles. The van der Waals surface area contributed by atoms with Crippen LogP contribution in [0.25, 0.3) is 0 Å². The Hall–Kier alpha value is -1.26. The van der Waals surface area contributed by atoms with Crippen LogP contribution in [0.3, 0.4) is 0 Å². The first-order valence-corrected chi connectivity index (χ1v) is 5.06. The largest absolute Gasteiger partial charge is 0.573 e. The Labute approximate surface area is 107 Å². The molecule has 1 heterocycles. The van der Waals surface area contributed by atoms with Gasteiger partial charge in [0.05, 0.1) is 7.11 Å². The molecule has 0 aromatic carbocycles. The third-order valence-electron chi connectivity index (χ3n) is 1.55. The Morgan fingerprint density at radius 2 is 2.12 bits per heavy atom. The number of hydrogen-bond donors (Lipinski definition) is 1. The molecule has 0 atom stereocenters. The van der Waals surface area contributed by atoms with Gasteiger partial charge in [0, 0.05) is 6.07 Å². The molecule has 0 aliphatic rings. The van der Waals surface area contributed by atoms with Gasteiger partial charge in [-0.2, -0.15) is 0 Å². The van der Waals surface area contributed by atoms with E-state index in [0.29, 0.717) is 0 Å². The van der Waals surface area contributed by atoms with Crippen LogP contribution in [-0.4, -0.2) is 29.5 Å². The molecule has 0 saturated carbocycles. The Morgan fingerprint density at radius 1 is 1.53 bits per heavy atom. The van der Waals surface area contributed by atoms with E-state index in [1.54, 1.807) is 0 Å². The van der Waals surface area contributed by atoms with Crippen molar-refractivity contribution < 1.29 is 32.5 Å². The van der Waals surface area contributed by atoms with Crippen molar-refractivity contribution >= 4 is 28.6 Å². The first kappa shape index (κ1) is 13.8. The minimum Gasteiger partial charge on any atom is -0.493 e. The summed E-state index contributed by atoms with van der Waals surface area (Å²) >= 11 is 1.43. The van der Waals surface area contributed by atoms with Gasteiger partial charge in [-0.1, -0.05) is 0 Å². The van der Waals surface area contributed by atoms with E-state index in [1.807, 2.05) is 0 Å². The van der Waals surface area contributed by atoms with Crippen LogP contribution in [0.15, 0.2) is 6.07 Å². The van der Waals surface area contributed by atoms with E-state index in [-0.39, 0.29) is 9.45 Å². The fourth-order valence-corrected chi connectivity index (χ4v) is 1.59. The number of carboxylic acid groups (broad SMARTS) is 1. The summed E-state index contributed by atoms with van der Waals surface area (Å²) in [5.74, 6) is -2.38. The third-order valence-corrected chi connectivity index (χ3v) is 2.29. The third kappa shape index (κ3) is 3.61. The van der Waals surface area contributed by atoms with E-state index in [9.17, 15) is 18.0 Å². The zero-order valence-corrected chi connectivity index (χ0v) is 10.4. The van der Waals surface area contributed by atoms with Crippen LogP contribution < -0.4 is 9.47 Å². The number of nitrogens with zero attached hydrogens (tertiary/aromatic N) is 1. The summed E-state index contributed by atoms with van der Waals surface area (Å²) in [5, 5.41) is 8.67. The fourth-order valence-electron chi connectivity index (χ4n) is 0.949. The van der Waals surface area contributed by atoms with E-state index in [2.05, 4.69) is 14.5 Å². The standard InChI is InChI=1S/C8H5F3INO4/c1-16-4-2-3(7(14)15)13-6(12)5(4)17-8(9,10)11/h2H,1H3,(H,14,15). The molecule has 0 radical (unpaired) electrons. The molecular formula is C8H5F3INO4. The van der Waals surface area contributed by atoms with Crippen LogP contribution in [-0.2, 0) is 0 Å². The molecule has 1 aromatic rings.